The number of sulfonamides is 1. The molecular formula is C16H7F6N3O2S. The first-order valence-electron chi connectivity index (χ1n) is 7.05. The van der Waals surface area contributed by atoms with E-state index in [0.717, 1.165) is 6.07 Å². The Balaban J connectivity index is 2.51. The number of hydrogen-bond donors (Lipinski definition) is 1. The number of alkyl halides is 6. The van der Waals surface area contributed by atoms with Crippen LogP contribution in [0, 0.1) is 22.7 Å². The minimum atomic E-state index is -5.01. The Bertz CT molecular complexity index is 1110. The van der Waals surface area contributed by atoms with Crippen LogP contribution in [0.2, 0.25) is 0 Å². The van der Waals surface area contributed by atoms with Gasteiger partial charge in [-0.3, -0.25) is 4.72 Å². The molecule has 146 valence electrons. The zero-order chi connectivity index (χ0) is 21.3. The number of nitrogens with zero attached hydrogens (tertiary/aromatic N) is 2. The van der Waals surface area contributed by atoms with Gasteiger partial charge in [-0.1, -0.05) is 0 Å². The summed E-state index contributed by atoms with van der Waals surface area (Å²) in [6.07, 6.45) is -9.79. The van der Waals surface area contributed by atoms with Gasteiger partial charge in [-0.25, -0.2) is 8.42 Å². The van der Waals surface area contributed by atoms with Crippen LogP contribution in [0.4, 0.5) is 32.0 Å². The van der Waals surface area contributed by atoms with Crippen LogP contribution in [0.5, 0.6) is 0 Å². The van der Waals surface area contributed by atoms with Gasteiger partial charge >= 0.3 is 12.4 Å². The van der Waals surface area contributed by atoms with E-state index in [4.69, 9.17) is 10.5 Å². The van der Waals surface area contributed by atoms with E-state index < -0.39 is 55.2 Å². The van der Waals surface area contributed by atoms with Gasteiger partial charge in [0.1, 0.15) is 6.07 Å². The first-order valence-corrected chi connectivity index (χ1v) is 8.53. The number of rotatable bonds is 3. The summed E-state index contributed by atoms with van der Waals surface area (Å²) in [5.41, 5.74) is -4.73. The topological polar surface area (TPSA) is 93.8 Å². The molecule has 0 fully saturated rings. The highest BCUT2D eigenvalue weighted by atomic mass is 32.2. The van der Waals surface area contributed by atoms with Gasteiger partial charge in [-0.15, -0.1) is 0 Å². The van der Waals surface area contributed by atoms with Gasteiger partial charge in [-0.05, 0) is 36.4 Å². The molecule has 0 heterocycles. The molecule has 0 unspecified atom stereocenters. The Labute approximate surface area is 154 Å². The van der Waals surface area contributed by atoms with E-state index in [1.54, 1.807) is 4.72 Å². The lowest BCUT2D eigenvalue weighted by Crippen LogP contribution is -2.16. The van der Waals surface area contributed by atoms with Crippen molar-refractivity contribution >= 4 is 15.7 Å². The van der Waals surface area contributed by atoms with E-state index in [-0.39, 0.29) is 6.07 Å². The van der Waals surface area contributed by atoms with Gasteiger partial charge in [0, 0.05) is 0 Å². The summed E-state index contributed by atoms with van der Waals surface area (Å²) in [6, 6.07) is 5.85. The summed E-state index contributed by atoms with van der Waals surface area (Å²) in [5.74, 6) is 0. The van der Waals surface area contributed by atoms with Crippen molar-refractivity contribution in [3.05, 3.63) is 58.7 Å². The number of hydrogen-bond acceptors (Lipinski definition) is 4. The summed E-state index contributed by atoms with van der Waals surface area (Å²) < 4.78 is 103. The normalized spacial score (nSPS) is 12.1. The first kappa shape index (κ1) is 21.1. The lowest BCUT2D eigenvalue weighted by Gasteiger charge is -2.14. The second-order valence-corrected chi connectivity index (χ2v) is 6.97. The predicted octanol–water partition coefficient (Wildman–Crippen LogP) is 4.27. The van der Waals surface area contributed by atoms with Crippen LogP contribution in [0.3, 0.4) is 0 Å². The third-order valence-corrected chi connectivity index (χ3v) is 4.80. The molecular weight excluding hydrogens is 412 g/mol. The van der Waals surface area contributed by atoms with Crippen LogP contribution in [0.1, 0.15) is 22.3 Å². The van der Waals surface area contributed by atoms with Crippen molar-refractivity contribution in [1.82, 2.24) is 0 Å². The largest absolute Gasteiger partial charge is 0.417 e. The van der Waals surface area contributed by atoms with Crippen molar-refractivity contribution in [2.75, 3.05) is 4.72 Å². The second-order valence-electron chi connectivity index (χ2n) is 5.29. The molecule has 2 aromatic carbocycles. The Hall–Kier alpha value is -3.25. The fraction of sp³-hybridized carbons (Fsp3) is 0.125. The third kappa shape index (κ3) is 4.35. The molecule has 0 saturated carbocycles. The van der Waals surface area contributed by atoms with Gasteiger partial charge in [-0.2, -0.15) is 36.9 Å². The second kappa shape index (κ2) is 7.05. The van der Waals surface area contributed by atoms with E-state index in [1.165, 1.54) is 12.1 Å². The molecule has 2 aromatic rings. The summed E-state index contributed by atoms with van der Waals surface area (Å²) >= 11 is 0. The average molecular weight is 419 g/mol. The SMILES string of the molecule is N#Cc1cc(C(F)(F)F)ccc1NS(=O)(=O)c1ccc(C#N)c(C(F)(F)F)c1. The Morgan fingerprint density at radius 1 is 0.821 bits per heavy atom. The molecule has 2 rings (SSSR count). The molecule has 0 amide bonds. The number of halogens is 6. The van der Waals surface area contributed by atoms with Crippen molar-refractivity contribution in [2.24, 2.45) is 0 Å². The van der Waals surface area contributed by atoms with Crippen molar-refractivity contribution < 1.29 is 34.8 Å². The molecule has 0 aliphatic rings. The maximum absolute atomic E-state index is 13.0. The van der Waals surface area contributed by atoms with Crippen molar-refractivity contribution in [3.8, 4) is 12.1 Å². The molecule has 0 radical (unpaired) electrons. The fourth-order valence-corrected chi connectivity index (χ4v) is 3.23. The predicted molar refractivity (Wildman–Crippen MR) is 83.1 cm³/mol. The maximum atomic E-state index is 13.0. The van der Waals surface area contributed by atoms with E-state index >= 15 is 0 Å². The van der Waals surface area contributed by atoms with E-state index in [0.29, 0.717) is 24.3 Å². The molecule has 0 spiro atoms. The molecule has 0 aromatic heterocycles. The van der Waals surface area contributed by atoms with Gasteiger partial charge < -0.3 is 0 Å². The van der Waals surface area contributed by atoms with Gasteiger partial charge in [0.2, 0.25) is 0 Å². The molecule has 0 saturated heterocycles. The fourth-order valence-electron chi connectivity index (χ4n) is 2.13. The summed E-state index contributed by atoms with van der Waals surface area (Å²) in [7, 11) is -4.69. The Kier molecular flexibility index (Phi) is 5.30. The van der Waals surface area contributed by atoms with Crippen LogP contribution in [0.15, 0.2) is 41.3 Å². The van der Waals surface area contributed by atoms with E-state index in [1.807, 2.05) is 0 Å². The molecule has 28 heavy (non-hydrogen) atoms. The standard InChI is InChI=1S/C16H7F6N3O2S/c17-15(18,19)11-2-4-14(10(5-11)8-24)25-28(26,27)12-3-1-9(7-23)13(6-12)16(20,21)22/h1-6,25H. The van der Waals surface area contributed by atoms with Crippen LogP contribution in [0.25, 0.3) is 0 Å². The average Bonchev–Trinajstić information content (AvgIpc) is 2.59. The zero-order valence-corrected chi connectivity index (χ0v) is 14.2. The molecule has 1 N–H and O–H groups in total. The third-order valence-electron chi connectivity index (χ3n) is 3.44. The smallest absolute Gasteiger partial charge is 0.278 e. The van der Waals surface area contributed by atoms with Crippen molar-refractivity contribution in [2.45, 2.75) is 17.2 Å². The number of nitrogens with one attached hydrogen (secondary N) is 1. The van der Waals surface area contributed by atoms with Crippen LogP contribution < -0.4 is 4.72 Å². The highest BCUT2D eigenvalue weighted by Crippen LogP contribution is 2.35. The maximum Gasteiger partial charge on any atom is 0.417 e. The molecule has 5 nitrogen and oxygen atoms in total. The van der Waals surface area contributed by atoms with Crippen LogP contribution >= 0.6 is 0 Å². The van der Waals surface area contributed by atoms with Crippen LogP contribution in [-0.2, 0) is 22.4 Å². The van der Waals surface area contributed by atoms with Crippen molar-refractivity contribution in [3.63, 3.8) is 0 Å². The Morgan fingerprint density at radius 2 is 1.43 bits per heavy atom. The Morgan fingerprint density at radius 3 is 1.93 bits per heavy atom. The molecule has 12 heteroatoms. The number of anilines is 1. The van der Waals surface area contributed by atoms with Gasteiger partial charge in [0.05, 0.1) is 38.9 Å². The quantitative estimate of drug-likeness (QED) is 0.752. The summed E-state index contributed by atoms with van der Waals surface area (Å²) in [6.45, 7) is 0. The molecule has 0 bridgehead atoms. The summed E-state index contributed by atoms with van der Waals surface area (Å²) in [5, 5.41) is 17.7. The molecule has 0 aliphatic carbocycles. The minimum Gasteiger partial charge on any atom is -0.278 e. The summed E-state index contributed by atoms with van der Waals surface area (Å²) in [4.78, 5) is -0.886. The van der Waals surface area contributed by atoms with Gasteiger partial charge in [0.15, 0.2) is 0 Å². The lowest BCUT2D eigenvalue weighted by molar-refractivity contribution is -0.138. The van der Waals surface area contributed by atoms with Crippen LogP contribution in [-0.4, -0.2) is 8.42 Å². The van der Waals surface area contributed by atoms with Crippen molar-refractivity contribution in [1.29, 1.82) is 10.5 Å². The first-order chi connectivity index (χ1) is 12.8. The van der Waals surface area contributed by atoms with E-state index in [2.05, 4.69) is 0 Å². The zero-order valence-electron chi connectivity index (χ0n) is 13.4. The lowest BCUT2D eigenvalue weighted by atomic mass is 10.1. The number of benzene rings is 2. The monoisotopic (exact) mass is 419 g/mol. The highest BCUT2D eigenvalue weighted by molar-refractivity contribution is 7.92. The minimum absolute atomic E-state index is 0.219. The van der Waals surface area contributed by atoms with Gasteiger partial charge in [0.25, 0.3) is 10.0 Å². The molecule has 0 atom stereocenters. The number of nitriles is 2. The van der Waals surface area contributed by atoms with E-state index in [9.17, 15) is 34.8 Å². The highest BCUT2D eigenvalue weighted by Gasteiger charge is 2.35. The molecule has 0 aliphatic heterocycles.